The zero-order valence-corrected chi connectivity index (χ0v) is 16.2. The van der Waals surface area contributed by atoms with Gasteiger partial charge in [-0.05, 0) is 25.1 Å². The second-order valence-electron chi connectivity index (χ2n) is 6.43. The van der Waals surface area contributed by atoms with E-state index in [-0.39, 0.29) is 22.0 Å². The second kappa shape index (κ2) is 6.42. The number of aromatic nitrogens is 1. The van der Waals surface area contributed by atoms with Crippen molar-refractivity contribution in [1.82, 2.24) is 8.87 Å². The highest BCUT2D eigenvalue weighted by molar-refractivity contribution is 7.89. The molecule has 7 nitrogen and oxygen atoms in total. The molecule has 0 unspecified atom stereocenters. The Balaban J connectivity index is 1.97. The first kappa shape index (κ1) is 18.1. The van der Waals surface area contributed by atoms with E-state index in [1.165, 1.54) is 7.05 Å². The molecule has 1 amide bonds. The summed E-state index contributed by atoms with van der Waals surface area (Å²) in [6, 6.07) is 15.7. The molecule has 0 saturated heterocycles. The van der Waals surface area contributed by atoms with E-state index >= 15 is 0 Å². The van der Waals surface area contributed by atoms with Gasteiger partial charge < -0.3 is 15.0 Å². The monoisotopic (exact) mass is 397 g/mol. The molecule has 0 fully saturated rings. The second-order valence-corrected chi connectivity index (χ2v) is 8.34. The number of aryl methyl sites for hydroxylation is 1. The van der Waals surface area contributed by atoms with Crippen LogP contribution >= 0.6 is 0 Å². The fraction of sp³-hybridized carbons (Fsp3) is 0.150. The van der Waals surface area contributed by atoms with E-state index in [2.05, 4.69) is 5.32 Å². The lowest BCUT2D eigenvalue weighted by molar-refractivity contribution is -0.113. The van der Waals surface area contributed by atoms with Crippen LogP contribution in [0.15, 0.2) is 65.2 Å². The van der Waals surface area contributed by atoms with E-state index in [9.17, 15) is 18.3 Å². The van der Waals surface area contributed by atoms with E-state index in [0.29, 0.717) is 23.1 Å². The number of rotatable bonds is 3. The van der Waals surface area contributed by atoms with Crippen molar-refractivity contribution in [3.8, 4) is 0 Å². The molecular formula is C20H19N3O4S. The van der Waals surface area contributed by atoms with Gasteiger partial charge in [-0.3, -0.25) is 9.10 Å². The number of fused-ring (bicyclic) bond motifs is 3. The Labute approximate surface area is 162 Å². The first-order chi connectivity index (χ1) is 13.4. The van der Waals surface area contributed by atoms with Crippen molar-refractivity contribution < 1.29 is 18.3 Å². The van der Waals surface area contributed by atoms with Crippen molar-refractivity contribution >= 4 is 38.3 Å². The first-order valence-corrected chi connectivity index (χ1v) is 10.2. The van der Waals surface area contributed by atoms with Crippen LogP contribution in [-0.2, 0) is 21.4 Å². The standard InChI is InChI=1S/C20H19N3O4S/c1-3-23-15-12-8-7-11-14(15)19-16(23)18(24)17(22(2)28(19,26)27)20(25)21-13-9-5-4-6-10-13/h4-12,24H,3H2,1-2H3,(H,21,25). The summed E-state index contributed by atoms with van der Waals surface area (Å²) < 4.78 is 29.0. The van der Waals surface area contributed by atoms with Gasteiger partial charge in [-0.1, -0.05) is 36.4 Å². The maximum Gasteiger partial charge on any atom is 0.276 e. The van der Waals surface area contributed by atoms with Crippen molar-refractivity contribution in [2.75, 3.05) is 12.4 Å². The average Bonchev–Trinajstić information content (AvgIpc) is 3.03. The van der Waals surface area contributed by atoms with Gasteiger partial charge in [0.05, 0.1) is 0 Å². The Morgan fingerprint density at radius 3 is 2.39 bits per heavy atom. The SMILES string of the molecule is CCn1c2c(c3ccccc31)S(=O)(=O)N(C)C(C(=O)Nc1ccccc1)=C2O. The van der Waals surface area contributed by atoms with E-state index < -0.39 is 15.9 Å². The lowest BCUT2D eigenvalue weighted by Crippen LogP contribution is -2.37. The molecule has 0 spiro atoms. The summed E-state index contributed by atoms with van der Waals surface area (Å²) in [5, 5.41) is 14.1. The predicted molar refractivity (Wildman–Crippen MR) is 107 cm³/mol. The average molecular weight is 397 g/mol. The molecule has 8 heteroatoms. The first-order valence-electron chi connectivity index (χ1n) is 8.78. The van der Waals surface area contributed by atoms with Gasteiger partial charge in [0, 0.05) is 30.2 Å². The van der Waals surface area contributed by atoms with E-state index in [1.807, 2.05) is 6.92 Å². The number of aliphatic hydroxyl groups is 1. The van der Waals surface area contributed by atoms with Crippen LogP contribution in [0.25, 0.3) is 16.7 Å². The van der Waals surface area contributed by atoms with Crippen LogP contribution in [0.5, 0.6) is 0 Å². The molecular weight excluding hydrogens is 378 g/mol. The summed E-state index contributed by atoms with van der Waals surface area (Å²) in [7, 11) is -2.75. The highest BCUT2D eigenvalue weighted by atomic mass is 32.2. The topological polar surface area (TPSA) is 91.6 Å². The zero-order chi connectivity index (χ0) is 20.1. The highest BCUT2D eigenvalue weighted by Crippen LogP contribution is 2.41. The quantitative estimate of drug-likeness (QED) is 0.710. The van der Waals surface area contributed by atoms with Crippen LogP contribution in [0.4, 0.5) is 5.69 Å². The maximum absolute atomic E-state index is 13.2. The van der Waals surface area contributed by atoms with Crippen LogP contribution in [0.3, 0.4) is 0 Å². The number of nitrogens with one attached hydrogen (secondary N) is 1. The van der Waals surface area contributed by atoms with Crippen molar-refractivity contribution in [2.45, 2.75) is 18.4 Å². The van der Waals surface area contributed by atoms with Crippen LogP contribution in [0.2, 0.25) is 0 Å². The normalized spacial score (nSPS) is 15.6. The highest BCUT2D eigenvalue weighted by Gasteiger charge is 2.42. The van der Waals surface area contributed by atoms with Gasteiger partial charge in [0.15, 0.2) is 11.5 Å². The number of aliphatic hydroxyl groups excluding tert-OH is 1. The summed E-state index contributed by atoms with van der Waals surface area (Å²) >= 11 is 0. The molecule has 0 radical (unpaired) electrons. The van der Waals surface area contributed by atoms with Gasteiger partial charge in [0.1, 0.15) is 10.6 Å². The largest absolute Gasteiger partial charge is 0.504 e. The number of sulfonamides is 1. The molecule has 0 atom stereocenters. The molecule has 28 heavy (non-hydrogen) atoms. The van der Waals surface area contributed by atoms with Crippen LogP contribution in [0.1, 0.15) is 12.6 Å². The number of hydrogen-bond acceptors (Lipinski definition) is 4. The molecule has 2 heterocycles. The maximum atomic E-state index is 13.2. The zero-order valence-electron chi connectivity index (χ0n) is 15.4. The molecule has 3 aromatic rings. The smallest absolute Gasteiger partial charge is 0.276 e. The molecule has 1 aromatic heterocycles. The predicted octanol–water partition coefficient (Wildman–Crippen LogP) is 3.16. The fourth-order valence-corrected chi connectivity index (χ4v) is 5.16. The number of carbonyl (C=O) groups excluding carboxylic acids is 1. The number of likely N-dealkylation sites (N-methyl/N-ethyl adjacent to an activating group) is 1. The van der Waals surface area contributed by atoms with E-state index in [4.69, 9.17) is 0 Å². The number of nitrogens with zero attached hydrogens (tertiary/aromatic N) is 2. The third-order valence-electron chi connectivity index (χ3n) is 4.87. The van der Waals surface area contributed by atoms with Crippen LogP contribution in [-0.4, -0.2) is 35.4 Å². The Kier molecular flexibility index (Phi) is 4.15. The lowest BCUT2D eigenvalue weighted by atomic mass is 10.2. The third kappa shape index (κ3) is 2.49. The summed E-state index contributed by atoms with van der Waals surface area (Å²) in [6.45, 7) is 2.29. The number of benzene rings is 2. The van der Waals surface area contributed by atoms with Crippen molar-refractivity contribution in [1.29, 1.82) is 0 Å². The van der Waals surface area contributed by atoms with Gasteiger partial charge >= 0.3 is 0 Å². The third-order valence-corrected chi connectivity index (χ3v) is 6.70. The molecule has 1 aliphatic rings. The minimum atomic E-state index is -4.02. The molecule has 0 bridgehead atoms. The minimum Gasteiger partial charge on any atom is -0.504 e. The van der Waals surface area contributed by atoms with Crippen molar-refractivity contribution in [3.05, 3.63) is 66.0 Å². The van der Waals surface area contributed by atoms with Gasteiger partial charge in [0.25, 0.3) is 15.9 Å². The van der Waals surface area contributed by atoms with Crippen LogP contribution in [0, 0.1) is 0 Å². The number of anilines is 1. The Morgan fingerprint density at radius 1 is 1.07 bits per heavy atom. The Hall–Kier alpha value is -3.26. The number of para-hydroxylation sites is 2. The molecule has 4 rings (SSSR count). The van der Waals surface area contributed by atoms with Crippen LogP contribution < -0.4 is 5.32 Å². The number of carbonyl (C=O) groups is 1. The number of hydrogen-bond donors (Lipinski definition) is 2. The molecule has 0 saturated carbocycles. The molecule has 144 valence electrons. The van der Waals surface area contributed by atoms with E-state index in [1.54, 1.807) is 59.2 Å². The van der Waals surface area contributed by atoms with Gasteiger partial charge in [-0.15, -0.1) is 0 Å². The molecule has 2 N–H and O–H groups in total. The minimum absolute atomic E-state index is 0.0150. The molecule has 0 aliphatic carbocycles. The van der Waals surface area contributed by atoms with Crippen molar-refractivity contribution in [3.63, 3.8) is 0 Å². The Bertz CT molecular complexity index is 1230. The lowest BCUT2D eigenvalue weighted by Gasteiger charge is -2.28. The Morgan fingerprint density at radius 2 is 1.71 bits per heavy atom. The summed E-state index contributed by atoms with van der Waals surface area (Å²) in [5.74, 6) is -1.06. The molecule has 1 aliphatic heterocycles. The van der Waals surface area contributed by atoms with Crippen molar-refractivity contribution in [2.24, 2.45) is 0 Å². The fourth-order valence-electron chi connectivity index (χ4n) is 3.58. The summed E-state index contributed by atoms with van der Waals surface area (Å²) in [4.78, 5) is 12.9. The summed E-state index contributed by atoms with van der Waals surface area (Å²) in [5.41, 5.74) is 1.01. The summed E-state index contributed by atoms with van der Waals surface area (Å²) in [6.07, 6.45) is 0. The van der Waals surface area contributed by atoms with Gasteiger partial charge in [-0.25, -0.2) is 8.42 Å². The number of amides is 1. The van der Waals surface area contributed by atoms with Gasteiger partial charge in [-0.2, -0.15) is 0 Å². The van der Waals surface area contributed by atoms with E-state index in [0.717, 1.165) is 4.31 Å². The van der Waals surface area contributed by atoms with Gasteiger partial charge in [0.2, 0.25) is 0 Å². The molecule has 2 aromatic carbocycles.